The van der Waals surface area contributed by atoms with Crippen LogP contribution >= 0.6 is 0 Å². The highest BCUT2D eigenvalue weighted by Gasteiger charge is 2.25. The second kappa shape index (κ2) is 10.2. The number of nitrogens with one attached hydrogen (secondary N) is 3. The van der Waals surface area contributed by atoms with Crippen molar-refractivity contribution >= 4 is 34.2 Å². The van der Waals surface area contributed by atoms with E-state index in [9.17, 15) is 5.26 Å². The summed E-state index contributed by atoms with van der Waals surface area (Å²) >= 11 is 0. The zero-order valence-corrected chi connectivity index (χ0v) is 20.5. The van der Waals surface area contributed by atoms with Gasteiger partial charge in [0, 0.05) is 24.8 Å². The molecule has 3 heterocycles. The molecule has 0 amide bonds. The fraction of sp³-hybridized carbons (Fsp3) is 0.385. The molecule has 1 aliphatic heterocycles. The Morgan fingerprint density at radius 3 is 2.83 bits per heavy atom. The van der Waals surface area contributed by atoms with Crippen molar-refractivity contribution in [1.82, 2.24) is 15.0 Å². The van der Waals surface area contributed by atoms with Crippen molar-refractivity contribution in [3.8, 4) is 17.6 Å². The van der Waals surface area contributed by atoms with Crippen molar-refractivity contribution in [3.05, 3.63) is 41.7 Å². The highest BCUT2D eigenvalue weighted by atomic mass is 16.6. The number of anilines is 3. The lowest BCUT2D eigenvalue weighted by Crippen LogP contribution is -2.27. The number of aromatic amines is 1. The summed E-state index contributed by atoms with van der Waals surface area (Å²) in [5.41, 5.74) is 8.85. The van der Waals surface area contributed by atoms with Crippen LogP contribution in [0.4, 0.5) is 17.5 Å². The maximum absolute atomic E-state index is 9.64. The van der Waals surface area contributed by atoms with E-state index in [4.69, 9.17) is 20.2 Å². The monoisotopic (exact) mass is 486 g/mol. The van der Waals surface area contributed by atoms with Gasteiger partial charge >= 0.3 is 0 Å². The fourth-order valence-electron chi connectivity index (χ4n) is 4.97. The van der Waals surface area contributed by atoms with Gasteiger partial charge < -0.3 is 30.8 Å². The van der Waals surface area contributed by atoms with Crippen molar-refractivity contribution in [2.75, 3.05) is 30.9 Å². The minimum absolute atomic E-state index is 0.298. The molecule has 1 saturated carbocycles. The standard InChI is InChI=1S/C26H30N8O2/c1-15-4-3-5-17(12-15)31-25-21-16(13-28)14-30-24(21)33-26(34-25)32-20-7-6-18(19(29-2)8-9-27)22-23(20)36-11-10-35-22/h6-9,14-15,17H,3-5,10-12,27H2,1-2H3,(H3,30,31,32,33,34)/t15-,17?/m1/s1. The molecule has 0 spiro atoms. The zero-order valence-electron chi connectivity index (χ0n) is 20.5. The van der Waals surface area contributed by atoms with Gasteiger partial charge in [-0.15, -0.1) is 0 Å². The van der Waals surface area contributed by atoms with Crippen LogP contribution in [0.2, 0.25) is 0 Å². The summed E-state index contributed by atoms with van der Waals surface area (Å²) in [6, 6.07) is 6.33. The largest absolute Gasteiger partial charge is 0.485 e. The Bertz CT molecular complexity index is 1370. The molecule has 1 unspecified atom stereocenters. The third-order valence-electron chi connectivity index (χ3n) is 6.63. The van der Waals surface area contributed by atoms with Crippen LogP contribution in [0.25, 0.3) is 11.0 Å². The summed E-state index contributed by atoms with van der Waals surface area (Å²) in [6.07, 6.45) is 9.40. The van der Waals surface area contributed by atoms with Crippen LogP contribution in [0.5, 0.6) is 11.5 Å². The molecule has 36 heavy (non-hydrogen) atoms. The number of rotatable bonds is 6. The topological polar surface area (TPSA) is 146 Å². The van der Waals surface area contributed by atoms with Gasteiger partial charge in [-0.05, 0) is 43.2 Å². The van der Waals surface area contributed by atoms with Gasteiger partial charge in [0.1, 0.15) is 30.7 Å². The summed E-state index contributed by atoms with van der Waals surface area (Å²) in [6.45, 7) is 3.13. The summed E-state index contributed by atoms with van der Waals surface area (Å²) in [5.74, 6) is 2.84. The number of nitriles is 1. The number of benzene rings is 1. The van der Waals surface area contributed by atoms with Crippen molar-refractivity contribution < 1.29 is 9.47 Å². The van der Waals surface area contributed by atoms with Gasteiger partial charge in [-0.2, -0.15) is 15.2 Å². The lowest BCUT2D eigenvalue weighted by atomic mass is 9.87. The van der Waals surface area contributed by atoms with Crippen molar-refractivity contribution in [2.45, 2.75) is 38.6 Å². The summed E-state index contributed by atoms with van der Waals surface area (Å²) in [7, 11) is 1.70. The zero-order chi connectivity index (χ0) is 25.1. The molecule has 0 bridgehead atoms. The molecule has 1 fully saturated rings. The number of fused-ring (bicyclic) bond motifs is 2. The third kappa shape index (κ3) is 4.52. The first-order chi connectivity index (χ1) is 17.6. The molecule has 0 saturated heterocycles. The highest BCUT2D eigenvalue weighted by Crippen LogP contribution is 2.42. The molecule has 1 aliphatic carbocycles. The highest BCUT2D eigenvalue weighted by molar-refractivity contribution is 6.11. The fourth-order valence-corrected chi connectivity index (χ4v) is 4.97. The lowest BCUT2D eigenvalue weighted by molar-refractivity contribution is 0.172. The molecular formula is C26H30N8O2. The number of hydrogen-bond acceptors (Lipinski definition) is 9. The second-order valence-electron chi connectivity index (χ2n) is 9.16. The Hall–Kier alpha value is -4.26. The van der Waals surface area contributed by atoms with Crippen LogP contribution in [0, 0.1) is 17.2 Å². The van der Waals surface area contributed by atoms with Gasteiger partial charge in [-0.1, -0.05) is 19.8 Å². The molecule has 2 aromatic heterocycles. The predicted molar refractivity (Wildman–Crippen MR) is 140 cm³/mol. The van der Waals surface area contributed by atoms with Crippen LogP contribution in [0.15, 0.2) is 35.6 Å². The van der Waals surface area contributed by atoms with Gasteiger partial charge in [0.25, 0.3) is 0 Å². The predicted octanol–water partition coefficient (Wildman–Crippen LogP) is 4.23. The maximum Gasteiger partial charge on any atom is 0.231 e. The van der Waals surface area contributed by atoms with Crippen molar-refractivity contribution in [3.63, 3.8) is 0 Å². The van der Waals surface area contributed by atoms with Gasteiger partial charge in [0.15, 0.2) is 11.5 Å². The molecular weight excluding hydrogens is 456 g/mol. The van der Waals surface area contributed by atoms with E-state index >= 15 is 0 Å². The molecule has 1 aromatic carbocycles. The van der Waals surface area contributed by atoms with Gasteiger partial charge in [0.05, 0.1) is 22.3 Å². The lowest BCUT2D eigenvalue weighted by Gasteiger charge is -2.28. The van der Waals surface area contributed by atoms with Crippen LogP contribution < -0.4 is 25.8 Å². The number of H-pyrrole nitrogens is 1. The number of nitrogens with two attached hydrogens (primary N) is 1. The molecule has 5 rings (SSSR count). The molecule has 0 radical (unpaired) electrons. The third-order valence-corrected chi connectivity index (χ3v) is 6.63. The Balaban J connectivity index is 1.53. The second-order valence-corrected chi connectivity index (χ2v) is 9.16. The molecule has 10 nitrogen and oxygen atoms in total. The van der Waals surface area contributed by atoms with E-state index in [1.807, 2.05) is 12.1 Å². The number of aliphatic imine (C=N–C) groups is 1. The van der Waals surface area contributed by atoms with E-state index in [1.165, 1.54) is 19.0 Å². The molecule has 2 aliphatic rings. The number of nitrogens with zero attached hydrogens (tertiary/aromatic N) is 4. The Labute approximate surface area is 209 Å². The van der Waals surface area contributed by atoms with E-state index in [0.717, 1.165) is 18.4 Å². The summed E-state index contributed by atoms with van der Waals surface area (Å²) < 4.78 is 12.0. The number of ether oxygens (including phenoxy) is 2. The van der Waals surface area contributed by atoms with E-state index in [0.29, 0.717) is 76.4 Å². The molecule has 10 heteroatoms. The van der Waals surface area contributed by atoms with E-state index in [2.05, 4.69) is 38.6 Å². The number of aromatic nitrogens is 3. The van der Waals surface area contributed by atoms with Gasteiger partial charge in [-0.3, -0.25) is 4.99 Å². The Kier molecular flexibility index (Phi) is 6.62. The quantitative estimate of drug-likeness (QED) is 0.379. The molecule has 2 atom stereocenters. The number of hydrogen-bond donors (Lipinski definition) is 4. The van der Waals surface area contributed by atoms with Crippen LogP contribution in [0.1, 0.15) is 43.7 Å². The Morgan fingerprint density at radius 1 is 1.25 bits per heavy atom. The van der Waals surface area contributed by atoms with Crippen molar-refractivity contribution in [2.24, 2.45) is 16.6 Å². The Morgan fingerprint density at radius 2 is 2.08 bits per heavy atom. The number of allylic oxidation sites excluding steroid dienone is 1. The maximum atomic E-state index is 9.64. The first-order valence-electron chi connectivity index (χ1n) is 12.2. The molecule has 3 aromatic rings. The van der Waals surface area contributed by atoms with Crippen LogP contribution in [-0.4, -0.2) is 47.0 Å². The normalized spacial score (nSPS) is 19.9. The minimum Gasteiger partial charge on any atom is -0.485 e. The minimum atomic E-state index is 0.298. The van der Waals surface area contributed by atoms with E-state index in [-0.39, 0.29) is 0 Å². The molecule has 5 N–H and O–H groups in total. The van der Waals surface area contributed by atoms with Gasteiger partial charge in [-0.25, -0.2) is 0 Å². The SMILES string of the molecule is CN=C(C=CN)c1ccc(Nc2nc(NC3CCC[C@@H](C)C3)c3c(C#N)c[nH]c3n2)c2c1OCCO2. The average Bonchev–Trinajstić information content (AvgIpc) is 3.31. The van der Waals surface area contributed by atoms with Crippen LogP contribution in [-0.2, 0) is 0 Å². The summed E-state index contributed by atoms with van der Waals surface area (Å²) in [5, 5.41) is 17.2. The first kappa shape index (κ1) is 23.5. The van der Waals surface area contributed by atoms with Crippen LogP contribution in [0.3, 0.4) is 0 Å². The smallest absolute Gasteiger partial charge is 0.231 e. The molecule has 186 valence electrons. The van der Waals surface area contributed by atoms with E-state index < -0.39 is 0 Å². The first-order valence-corrected chi connectivity index (χ1v) is 12.2. The van der Waals surface area contributed by atoms with E-state index in [1.54, 1.807) is 19.3 Å². The van der Waals surface area contributed by atoms with Gasteiger partial charge in [0.2, 0.25) is 5.95 Å². The average molecular weight is 487 g/mol. The van der Waals surface area contributed by atoms with Crippen molar-refractivity contribution in [1.29, 1.82) is 5.26 Å². The summed E-state index contributed by atoms with van der Waals surface area (Å²) in [4.78, 5) is 16.9.